The number of nitrogens with zero attached hydrogens (tertiary/aromatic N) is 7. The standard InChI is InChI=1S/C26H30N8O2/c1-17(2)19-3-4-23(36-10-9-33-15-29-30-16-33)21-12-28-25(11-20(19)21)31-24-5-7-27-26(32-24)34-8-6-18-13-35-14-22(18)34/h3-5,7,11-12,15-18,22H,6,8-10,13-14H2,1-2H3,(H,27,28,31,32)/t18-,22+/m1/s1. The van der Waals surface area contributed by atoms with Gasteiger partial charge in [-0.1, -0.05) is 19.9 Å². The van der Waals surface area contributed by atoms with Gasteiger partial charge in [0.25, 0.3) is 0 Å². The van der Waals surface area contributed by atoms with Crippen LogP contribution in [-0.4, -0.2) is 62.1 Å². The van der Waals surface area contributed by atoms with Gasteiger partial charge in [0.1, 0.15) is 36.6 Å². The van der Waals surface area contributed by atoms with Crippen molar-refractivity contribution >= 4 is 28.4 Å². The van der Waals surface area contributed by atoms with E-state index in [4.69, 9.17) is 19.4 Å². The highest BCUT2D eigenvalue weighted by molar-refractivity contribution is 5.92. The first kappa shape index (κ1) is 22.7. The summed E-state index contributed by atoms with van der Waals surface area (Å²) in [7, 11) is 0. The van der Waals surface area contributed by atoms with Gasteiger partial charge in [0.05, 0.1) is 25.8 Å². The molecule has 10 nitrogen and oxygen atoms in total. The number of ether oxygens (including phenoxy) is 2. The van der Waals surface area contributed by atoms with Gasteiger partial charge in [-0.2, -0.15) is 4.98 Å². The quantitative estimate of drug-likeness (QED) is 0.398. The van der Waals surface area contributed by atoms with E-state index in [1.165, 1.54) is 5.56 Å². The Morgan fingerprint density at radius 2 is 1.97 bits per heavy atom. The van der Waals surface area contributed by atoms with E-state index < -0.39 is 0 Å². The first-order valence-electron chi connectivity index (χ1n) is 12.5. The molecule has 0 bridgehead atoms. The monoisotopic (exact) mass is 486 g/mol. The van der Waals surface area contributed by atoms with Crippen LogP contribution in [0.25, 0.3) is 10.8 Å². The molecule has 2 aliphatic heterocycles. The molecule has 0 radical (unpaired) electrons. The number of fused-ring (bicyclic) bond motifs is 2. The zero-order chi connectivity index (χ0) is 24.5. The van der Waals surface area contributed by atoms with Crippen LogP contribution >= 0.6 is 0 Å². The molecule has 10 heteroatoms. The summed E-state index contributed by atoms with van der Waals surface area (Å²) in [5, 5.41) is 13.2. The molecule has 4 aromatic rings. The average Bonchev–Trinajstić information content (AvgIpc) is 3.63. The average molecular weight is 487 g/mol. The normalized spacial score (nSPS) is 19.2. The molecule has 6 rings (SSSR count). The van der Waals surface area contributed by atoms with Crippen molar-refractivity contribution < 1.29 is 9.47 Å². The van der Waals surface area contributed by atoms with E-state index >= 15 is 0 Å². The Kier molecular flexibility index (Phi) is 6.10. The van der Waals surface area contributed by atoms with Gasteiger partial charge in [-0.05, 0) is 41.5 Å². The molecular weight excluding hydrogens is 456 g/mol. The van der Waals surface area contributed by atoms with Gasteiger partial charge >= 0.3 is 0 Å². The van der Waals surface area contributed by atoms with Crippen molar-refractivity contribution in [2.24, 2.45) is 5.92 Å². The fraction of sp³-hybridized carbons (Fsp3) is 0.423. The number of anilines is 3. The Morgan fingerprint density at radius 1 is 1.08 bits per heavy atom. The predicted molar refractivity (Wildman–Crippen MR) is 137 cm³/mol. The summed E-state index contributed by atoms with van der Waals surface area (Å²) in [6.07, 6.45) is 8.17. The summed E-state index contributed by atoms with van der Waals surface area (Å²) in [5.74, 6) is 3.95. The Morgan fingerprint density at radius 3 is 2.83 bits per heavy atom. The number of nitrogens with one attached hydrogen (secondary N) is 1. The molecule has 2 atom stereocenters. The lowest BCUT2D eigenvalue weighted by atomic mass is 9.96. The lowest BCUT2D eigenvalue weighted by Gasteiger charge is -2.23. The van der Waals surface area contributed by atoms with Crippen molar-refractivity contribution in [3.05, 3.63) is 54.9 Å². The van der Waals surface area contributed by atoms with Crippen LogP contribution in [0.4, 0.5) is 17.6 Å². The van der Waals surface area contributed by atoms with Gasteiger partial charge in [-0.3, -0.25) is 0 Å². The van der Waals surface area contributed by atoms with Crippen LogP contribution in [0.5, 0.6) is 5.75 Å². The highest BCUT2D eigenvalue weighted by Gasteiger charge is 2.39. The third kappa shape index (κ3) is 4.44. The minimum absolute atomic E-state index is 0.358. The van der Waals surface area contributed by atoms with Crippen LogP contribution in [0.2, 0.25) is 0 Å². The maximum Gasteiger partial charge on any atom is 0.227 e. The molecule has 1 N–H and O–H groups in total. The van der Waals surface area contributed by atoms with Crippen LogP contribution < -0.4 is 15.0 Å². The molecule has 2 aliphatic rings. The van der Waals surface area contributed by atoms with Gasteiger partial charge < -0.3 is 24.3 Å². The molecule has 2 fully saturated rings. The largest absolute Gasteiger partial charge is 0.491 e. The number of benzene rings is 1. The van der Waals surface area contributed by atoms with E-state index in [1.807, 2.05) is 22.9 Å². The van der Waals surface area contributed by atoms with Gasteiger partial charge in [-0.15, -0.1) is 10.2 Å². The maximum absolute atomic E-state index is 6.12. The number of hydrogen-bond donors (Lipinski definition) is 1. The van der Waals surface area contributed by atoms with Gasteiger partial charge in [0, 0.05) is 30.2 Å². The predicted octanol–water partition coefficient (Wildman–Crippen LogP) is 3.79. The fourth-order valence-corrected chi connectivity index (χ4v) is 5.15. The molecule has 0 amide bonds. The molecule has 0 saturated carbocycles. The molecule has 3 aromatic heterocycles. The van der Waals surface area contributed by atoms with E-state index in [1.54, 1.807) is 18.9 Å². The Labute approximate surface area is 209 Å². The summed E-state index contributed by atoms with van der Waals surface area (Å²) in [6.45, 7) is 8.14. The highest BCUT2D eigenvalue weighted by Crippen LogP contribution is 2.35. The number of rotatable bonds is 8. The minimum Gasteiger partial charge on any atom is -0.491 e. The summed E-state index contributed by atoms with van der Waals surface area (Å²) in [5.41, 5.74) is 1.24. The van der Waals surface area contributed by atoms with Crippen molar-refractivity contribution in [1.82, 2.24) is 29.7 Å². The summed E-state index contributed by atoms with van der Waals surface area (Å²) < 4.78 is 13.7. The maximum atomic E-state index is 6.12. The second-order valence-electron chi connectivity index (χ2n) is 9.68. The molecule has 0 spiro atoms. The third-order valence-corrected chi connectivity index (χ3v) is 7.05. The van der Waals surface area contributed by atoms with Crippen molar-refractivity contribution in [3.8, 4) is 5.75 Å². The van der Waals surface area contributed by atoms with E-state index in [9.17, 15) is 0 Å². The second kappa shape index (κ2) is 9.69. The second-order valence-corrected chi connectivity index (χ2v) is 9.68. The Balaban J connectivity index is 1.24. The van der Waals surface area contributed by atoms with Gasteiger partial charge in [-0.25, -0.2) is 9.97 Å². The van der Waals surface area contributed by atoms with Crippen LogP contribution in [0, 0.1) is 5.92 Å². The van der Waals surface area contributed by atoms with Crippen molar-refractivity contribution in [3.63, 3.8) is 0 Å². The molecule has 2 saturated heterocycles. The van der Waals surface area contributed by atoms with E-state index in [0.717, 1.165) is 60.3 Å². The number of aromatic nitrogens is 6. The first-order chi connectivity index (χ1) is 17.7. The zero-order valence-electron chi connectivity index (χ0n) is 20.5. The third-order valence-electron chi connectivity index (χ3n) is 7.05. The summed E-state index contributed by atoms with van der Waals surface area (Å²) in [4.78, 5) is 16.3. The first-order valence-corrected chi connectivity index (χ1v) is 12.5. The van der Waals surface area contributed by atoms with Gasteiger partial charge in [0.2, 0.25) is 5.95 Å². The minimum atomic E-state index is 0.358. The lowest BCUT2D eigenvalue weighted by molar-refractivity contribution is 0.179. The highest BCUT2D eigenvalue weighted by atomic mass is 16.5. The van der Waals surface area contributed by atoms with Gasteiger partial charge in [0.15, 0.2) is 0 Å². The molecular formula is C26H30N8O2. The van der Waals surface area contributed by atoms with E-state index in [-0.39, 0.29) is 0 Å². The molecule has 0 aliphatic carbocycles. The number of hydrogen-bond acceptors (Lipinski definition) is 9. The molecule has 0 unspecified atom stereocenters. The fourth-order valence-electron chi connectivity index (χ4n) is 5.15. The van der Waals surface area contributed by atoms with Crippen LogP contribution in [0.15, 0.2) is 49.3 Å². The lowest BCUT2D eigenvalue weighted by Crippen LogP contribution is -2.34. The summed E-state index contributed by atoms with van der Waals surface area (Å²) >= 11 is 0. The van der Waals surface area contributed by atoms with Crippen LogP contribution in [-0.2, 0) is 11.3 Å². The van der Waals surface area contributed by atoms with Crippen molar-refractivity contribution in [1.29, 1.82) is 0 Å². The Hall–Kier alpha value is -3.79. The van der Waals surface area contributed by atoms with Crippen LogP contribution in [0.3, 0.4) is 0 Å². The smallest absolute Gasteiger partial charge is 0.227 e. The number of pyridine rings is 1. The van der Waals surface area contributed by atoms with Crippen LogP contribution in [0.1, 0.15) is 31.7 Å². The van der Waals surface area contributed by atoms with E-state index in [0.29, 0.717) is 31.0 Å². The van der Waals surface area contributed by atoms with Crippen molar-refractivity contribution in [2.45, 2.75) is 38.8 Å². The Bertz CT molecular complexity index is 1340. The topological polar surface area (TPSA) is 103 Å². The summed E-state index contributed by atoms with van der Waals surface area (Å²) in [6, 6.07) is 8.50. The van der Waals surface area contributed by atoms with Crippen molar-refractivity contribution in [2.75, 3.05) is 36.6 Å². The van der Waals surface area contributed by atoms with E-state index in [2.05, 4.69) is 51.4 Å². The zero-order valence-corrected chi connectivity index (χ0v) is 20.5. The molecule has 186 valence electrons. The molecule has 36 heavy (non-hydrogen) atoms. The molecule has 5 heterocycles. The SMILES string of the molecule is CC(C)c1ccc(OCCn2cnnc2)c2cnc(Nc3ccnc(N4CC[C@@H]5COC[C@@H]54)n3)cc12. The molecule has 1 aromatic carbocycles.